The van der Waals surface area contributed by atoms with Crippen molar-refractivity contribution in [2.45, 2.75) is 19.9 Å². The van der Waals surface area contributed by atoms with Crippen molar-refractivity contribution in [3.05, 3.63) is 83.3 Å². The molecule has 31 heavy (non-hydrogen) atoms. The van der Waals surface area contributed by atoms with Crippen molar-refractivity contribution in [1.82, 2.24) is 5.32 Å². The summed E-state index contributed by atoms with van der Waals surface area (Å²) in [6.07, 6.45) is 1.41. The van der Waals surface area contributed by atoms with Crippen LogP contribution in [0, 0.1) is 5.92 Å². The summed E-state index contributed by atoms with van der Waals surface area (Å²) < 4.78 is 5.07. The van der Waals surface area contributed by atoms with Gasteiger partial charge in [-0.15, -0.1) is 0 Å². The lowest BCUT2D eigenvalue weighted by Gasteiger charge is -2.22. The van der Waals surface area contributed by atoms with Gasteiger partial charge in [-0.25, -0.2) is 0 Å². The molecule has 3 aromatic rings. The Labute approximate surface area is 184 Å². The highest BCUT2D eigenvalue weighted by Crippen LogP contribution is 2.18. The van der Waals surface area contributed by atoms with Crippen molar-refractivity contribution >= 4 is 40.7 Å². The lowest BCUT2D eigenvalue weighted by molar-refractivity contribution is -0.118. The van der Waals surface area contributed by atoms with Crippen LogP contribution in [0.1, 0.15) is 34.8 Å². The fourth-order valence-electron chi connectivity index (χ4n) is 2.86. The summed E-state index contributed by atoms with van der Waals surface area (Å²) in [4.78, 5) is 37.5. The van der Waals surface area contributed by atoms with E-state index in [1.54, 1.807) is 60.7 Å². The van der Waals surface area contributed by atoms with Crippen molar-refractivity contribution in [3.8, 4) is 0 Å². The highest BCUT2D eigenvalue weighted by Gasteiger charge is 2.25. The van der Waals surface area contributed by atoms with Crippen LogP contribution in [-0.4, -0.2) is 23.8 Å². The molecule has 0 spiro atoms. The molecule has 0 aliphatic rings. The van der Waals surface area contributed by atoms with Crippen LogP contribution in [0.5, 0.6) is 0 Å². The Kier molecular flexibility index (Phi) is 7.10. The van der Waals surface area contributed by atoms with E-state index in [4.69, 9.17) is 16.0 Å². The molecule has 2 aromatic carbocycles. The first kappa shape index (κ1) is 22.1. The van der Waals surface area contributed by atoms with Gasteiger partial charge in [0, 0.05) is 22.0 Å². The summed E-state index contributed by atoms with van der Waals surface area (Å²) in [5.74, 6) is -1.11. The number of amides is 3. The second-order valence-electron chi connectivity index (χ2n) is 7.20. The minimum absolute atomic E-state index is 0.155. The minimum Gasteiger partial charge on any atom is -0.459 e. The molecule has 0 bridgehead atoms. The van der Waals surface area contributed by atoms with Crippen LogP contribution in [0.25, 0.3) is 0 Å². The molecular formula is C23H22ClN3O4. The highest BCUT2D eigenvalue weighted by atomic mass is 35.5. The van der Waals surface area contributed by atoms with Gasteiger partial charge in [0.1, 0.15) is 6.04 Å². The van der Waals surface area contributed by atoms with E-state index < -0.39 is 11.9 Å². The standard InChI is InChI=1S/C23H22ClN3O4/c1-14(2)20(27-21(28)15-8-10-16(24)11-9-15)23(30)26-18-6-3-5-17(13-18)25-22(29)19-7-4-12-31-19/h3-14,20H,1-2H3,(H,25,29)(H,26,30)(H,27,28). The van der Waals surface area contributed by atoms with E-state index in [9.17, 15) is 14.4 Å². The molecule has 1 aromatic heterocycles. The van der Waals surface area contributed by atoms with Crippen molar-refractivity contribution in [2.24, 2.45) is 5.92 Å². The number of halogens is 1. The number of anilines is 2. The Morgan fingerprint density at radius 2 is 1.55 bits per heavy atom. The van der Waals surface area contributed by atoms with Crippen molar-refractivity contribution in [2.75, 3.05) is 10.6 Å². The average Bonchev–Trinajstić information content (AvgIpc) is 3.27. The molecule has 0 saturated heterocycles. The van der Waals surface area contributed by atoms with Crippen LogP contribution in [0.15, 0.2) is 71.3 Å². The van der Waals surface area contributed by atoms with Crippen LogP contribution in [0.2, 0.25) is 5.02 Å². The van der Waals surface area contributed by atoms with Gasteiger partial charge in [-0.2, -0.15) is 0 Å². The Morgan fingerprint density at radius 1 is 0.871 bits per heavy atom. The molecule has 0 aliphatic carbocycles. The number of hydrogen-bond donors (Lipinski definition) is 3. The molecule has 3 rings (SSSR count). The zero-order valence-electron chi connectivity index (χ0n) is 17.0. The van der Waals surface area contributed by atoms with Gasteiger partial charge < -0.3 is 20.4 Å². The van der Waals surface area contributed by atoms with Crippen LogP contribution < -0.4 is 16.0 Å². The lowest BCUT2D eigenvalue weighted by atomic mass is 10.0. The Balaban J connectivity index is 1.67. The zero-order valence-corrected chi connectivity index (χ0v) is 17.8. The summed E-state index contributed by atoms with van der Waals surface area (Å²) in [5.41, 5.74) is 1.38. The van der Waals surface area contributed by atoms with Crippen molar-refractivity contribution in [3.63, 3.8) is 0 Å². The SMILES string of the molecule is CC(C)C(NC(=O)c1ccc(Cl)cc1)C(=O)Nc1cccc(NC(=O)c2ccco2)c1. The number of nitrogens with one attached hydrogen (secondary N) is 3. The first-order valence-electron chi connectivity index (χ1n) is 9.65. The largest absolute Gasteiger partial charge is 0.459 e. The average molecular weight is 440 g/mol. The number of hydrogen-bond acceptors (Lipinski definition) is 4. The van der Waals surface area contributed by atoms with Gasteiger partial charge in [-0.1, -0.05) is 31.5 Å². The summed E-state index contributed by atoms with van der Waals surface area (Å²) in [6.45, 7) is 3.68. The molecule has 1 unspecified atom stereocenters. The van der Waals surface area contributed by atoms with Gasteiger partial charge in [0.2, 0.25) is 5.91 Å². The zero-order chi connectivity index (χ0) is 22.4. The summed E-state index contributed by atoms with van der Waals surface area (Å²) >= 11 is 5.86. The van der Waals surface area contributed by atoms with Gasteiger partial charge >= 0.3 is 0 Å². The minimum atomic E-state index is -0.760. The number of benzene rings is 2. The van der Waals surface area contributed by atoms with Crippen LogP contribution in [-0.2, 0) is 4.79 Å². The highest BCUT2D eigenvalue weighted by molar-refractivity contribution is 6.30. The maximum absolute atomic E-state index is 12.8. The third-order valence-electron chi connectivity index (χ3n) is 4.48. The Hall–Kier alpha value is -3.58. The predicted molar refractivity (Wildman–Crippen MR) is 119 cm³/mol. The molecule has 0 saturated carbocycles. The first-order valence-corrected chi connectivity index (χ1v) is 10.0. The molecule has 3 amide bonds. The van der Waals surface area contributed by atoms with Crippen LogP contribution in [0.4, 0.5) is 11.4 Å². The van der Waals surface area contributed by atoms with Gasteiger partial charge in [0.05, 0.1) is 6.26 Å². The fourth-order valence-corrected chi connectivity index (χ4v) is 2.98. The molecule has 160 valence electrons. The van der Waals surface area contributed by atoms with E-state index >= 15 is 0 Å². The van der Waals surface area contributed by atoms with Crippen LogP contribution in [0.3, 0.4) is 0 Å². The molecule has 1 atom stereocenters. The van der Waals surface area contributed by atoms with E-state index in [0.29, 0.717) is 22.0 Å². The Bertz CT molecular complexity index is 1060. The van der Waals surface area contributed by atoms with Gasteiger partial charge in [0.15, 0.2) is 5.76 Å². The Morgan fingerprint density at radius 3 is 2.16 bits per heavy atom. The van der Waals surface area contributed by atoms with E-state index in [0.717, 1.165) is 0 Å². The second kappa shape index (κ2) is 9.95. The normalized spacial score (nSPS) is 11.6. The molecule has 0 fully saturated rings. The van der Waals surface area contributed by atoms with Crippen LogP contribution >= 0.6 is 11.6 Å². The quantitative estimate of drug-likeness (QED) is 0.501. The van der Waals surface area contributed by atoms with E-state index in [2.05, 4.69) is 16.0 Å². The summed E-state index contributed by atoms with van der Waals surface area (Å²) in [7, 11) is 0. The summed E-state index contributed by atoms with van der Waals surface area (Å²) in [6, 6.07) is 15.5. The molecule has 0 aliphatic heterocycles. The number of furan rings is 1. The maximum Gasteiger partial charge on any atom is 0.291 e. The monoisotopic (exact) mass is 439 g/mol. The molecule has 8 heteroatoms. The van der Waals surface area contributed by atoms with E-state index in [-0.39, 0.29) is 23.5 Å². The lowest BCUT2D eigenvalue weighted by Crippen LogP contribution is -2.47. The molecule has 1 heterocycles. The smallest absolute Gasteiger partial charge is 0.291 e. The van der Waals surface area contributed by atoms with Gasteiger partial charge in [-0.05, 0) is 60.5 Å². The number of carbonyl (C=O) groups excluding carboxylic acids is 3. The maximum atomic E-state index is 12.8. The number of carbonyl (C=O) groups is 3. The molecular weight excluding hydrogens is 418 g/mol. The molecule has 3 N–H and O–H groups in total. The third kappa shape index (κ3) is 5.96. The first-order chi connectivity index (χ1) is 14.8. The third-order valence-corrected chi connectivity index (χ3v) is 4.73. The molecule has 0 radical (unpaired) electrons. The topological polar surface area (TPSA) is 100 Å². The second-order valence-corrected chi connectivity index (χ2v) is 7.64. The fraction of sp³-hybridized carbons (Fsp3) is 0.174. The molecule has 7 nitrogen and oxygen atoms in total. The number of rotatable bonds is 7. The van der Waals surface area contributed by atoms with Gasteiger partial charge in [0.25, 0.3) is 11.8 Å². The predicted octanol–water partition coefficient (Wildman–Crippen LogP) is 4.58. The van der Waals surface area contributed by atoms with E-state index in [1.165, 1.54) is 6.26 Å². The summed E-state index contributed by atoms with van der Waals surface area (Å²) in [5, 5.41) is 8.78. The van der Waals surface area contributed by atoms with E-state index in [1.807, 2.05) is 13.8 Å². The van der Waals surface area contributed by atoms with Crippen molar-refractivity contribution in [1.29, 1.82) is 0 Å². The van der Waals surface area contributed by atoms with Gasteiger partial charge in [-0.3, -0.25) is 14.4 Å². The van der Waals surface area contributed by atoms with Crippen molar-refractivity contribution < 1.29 is 18.8 Å².